The minimum atomic E-state index is -1.03. The molecule has 2 amide bonds. The second-order valence-electron chi connectivity index (χ2n) is 6.57. The highest BCUT2D eigenvalue weighted by atomic mass is 16.4. The number of carboxylic acids is 1. The molecular formula is C15H27N3O4. The molecule has 0 radical (unpaired) electrons. The maximum Gasteiger partial charge on any atom is 0.326 e. The smallest absolute Gasteiger partial charge is 0.326 e. The van der Waals surface area contributed by atoms with Crippen molar-refractivity contribution in [2.24, 2.45) is 11.8 Å². The van der Waals surface area contributed by atoms with Gasteiger partial charge in [-0.3, -0.25) is 9.59 Å². The molecule has 7 nitrogen and oxygen atoms in total. The van der Waals surface area contributed by atoms with E-state index in [-0.39, 0.29) is 24.2 Å². The largest absolute Gasteiger partial charge is 0.480 e. The fraction of sp³-hybridized carbons (Fsp3) is 0.800. The van der Waals surface area contributed by atoms with Crippen LogP contribution in [0.3, 0.4) is 0 Å². The van der Waals surface area contributed by atoms with Crippen molar-refractivity contribution in [3.8, 4) is 0 Å². The van der Waals surface area contributed by atoms with Gasteiger partial charge < -0.3 is 20.2 Å². The molecule has 2 atom stereocenters. The normalized spacial score (nSPS) is 19.8. The van der Waals surface area contributed by atoms with E-state index in [4.69, 9.17) is 5.11 Å². The van der Waals surface area contributed by atoms with Crippen LogP contribution < -0.4 is 5.32 Å². The lowest BCUT2D eigenvalue weighted by molar-refractivity contribution is -0.142. The van der Waals surface area contributed by atoms with Gasteiger partial charge in [0.25, 0.3) is 0 Å². The van der Waals surface area contributed by atoms with Crippen molar-refractivity contribution in [2.75, 3.05) is 33.7 Å². The number of hydrogen-bond donors (Lipinski definition) is 2. The number of hydrogen-bond acceptors (Lipinski definition) is 4. The summed E-state index contributed by atoms with van der Waals surface area (Å²) >= 11 is 0. The van der Waals surface area contributed by atoms with Crippen molar-refractivity contribution in [2.45, 2.75) is 32.7 Å². The summed E-state index contributed by atoms with van der Waals surface area (Å²) in [5, 5.41) is 11.7. The standard InChI is InChI=1S/C15H27N3O4/c1-10(2)7-12(15(21)22)16-14(20)11-8-13(19)18(9-11)6-5-17(3)4/h10-12H,5-9H2,1-4H3,(H,16,20)(H,21,22)/t11-,12+/m1/s1. The average molecular weight is 313 g/mol. The predicted molar refractivity (Wildman–Crippen MR) is 82.3 cm³/mol. The zero-order valence-corrected chi connectivity index (χ0v) is 13.8. The maximum absolute atomic E-state index is 12.2. The van der Waals surface area contributed by atoms with Gasteiger partial charge in [0.05, 0.1) is 5.92 Å². The Kier molecular flexibility index (Phi) is 6.80. The van der Waals surface area contributed by atoms with E-state index in [0.29, 0.717) is 19.5 Å². The SMILES string of the molecule is CC(C)C[C@H](NC(=O)[C@@H]1CC(=O)N(CCN(C)C)C1)C(=O)O. The molecule has 1 aliphatic heterocycles. The first-order valence-corrected chi connectivity index (χ1v) is 7.66. The number of rotatable bonds is 8. The molecule has 22 heavy (non-hydrogen) atoms. The van der Waals surface area contributed by atoms with Crippen molar-refractivity contribution < 1.29 is 19.5 Å². The summed E-state index contributed by atoms with van der Waals surface area (Å²) in [5.74, 6) is -1.70. The van der Waals surface area contributed by atoms with E-state index in [1.54, 1.807) is 4.90 Å². The number of nitrogens with zero attached hydrogens (tertiary/aromatic N) is 2. The highest BCUT2D eigenvalue weighted by Gasteiger charge is 2.35. The molecule has 0 saturated carbocycles. The van der Waals surface area contributed by atoms with Crippen molar-refractivity contribution >= 4 is 17.8 Å². The number of carbonyl (C=O) groups is 3. The Morgan fingerprint density at radius 2 is 2.05 bits per heavy atom. The fourth-order valence-electron chi connectivity index (χ4n) is 2.47. The molecule has 126 valence electrons. The van der Waals surface area contributed by atoms with E-state index < -0.39 is 17.9 Å². The molecule has 0 aromatic rings. The Balaban J connectivity index is 2.55. The molecule has 2 N–H and O–H groups in total. The number of nitrogens with one attached hydrogen (secondary N) is 1. The molecule has 1 rings (SSSR count). The van der Waals surface area contributed by atoms with E-state index in [0.717, 1.165) is 6.54 Å². The molecule has 0 aliphatic carbocycles. The molecule has 0 spiro atoms. The van der Waals surface area contributed by atoms with Crippen molar-refractivity contribution in [1.82, 2.24) is 15.1 Å². The van der Waals surface area contributed by atoms with Gasteiger partial charge in [-0.05, 0) is 26.4 Å². The van der Waals surface area contributed by atoms with E-state index >= 15 is 0 Å². The minimum Gasteiger partial charge on any atom is -0.480 e. The molecule has 1 fully saturated rings. The van der Waals surface area contributed by atoms with Gasteiger partial charge >= 0.3 is 5.97 Å². The molecule has 1 aliphatic rings. The Labute approximate surface area is 131 Å². The van der Waals surface area contributed by atoms with Crippen LogP contribution in [0.1, 0.15) is 26.7 Å². The molecule has 1 saturated heterocycles. The first kappa shape index (κ1) is 18.4. The van der Waals surface area contributed by atoms with Gasteiger partial charge in [0.15, 0.2) is 0 Å². The van der Waals surface area contributed by atoms with Gasteiger partial charge in [0.1, 0.15) is 6.04 Å². The number of carboxylic acid groups (broad SMARTS) is 1. The lowest BCUT2D eigenvalue weighted by atomic mass is 10.0. The van der Waals surface area contributed by atoms with Crippen LogP contribution in [-0.4, -0.2) is 72.5 Å². The molecule has 0 aromatic heterocycles. The summed E-state index contributed by atoms with van der Waals surface area (Å²) in [6.45, 7) is 5.51. The zero-order valence-electron chi connectivity index (χ0n) is 13.8. The predicted octanol–water partition coefficient (Wildman–Crippen LogP) is 0.0120. The van der Waals surface area contributed by atoms with E-state index in [9.17, 15) is 14.4 Å². The molecule has 0 aromatic carbocycles. The van der Waals surface area contributed by atoms with Gasteiger partial charge in [0.2, 0.25) is 11.8 Å². The number of likely N-dealkylation sites (N-methyl/N-ethyl adjacent to an activating group) is 1. The monoisotopic (exact) mass is 313 g/mol. The highest BCUT2D eigenvalue weighted by molar-refractivity contribution is 5.91. The number of carbonyl (C=O) groups excluding carboxylic acids is 2. The quantitative estimate of drug-likeness (QED) is 0.659. The number of likely N-dealkylation sites (tertiary alicyclic amines) is 1. The topological polar surface area (TPSA) is 90.0 Å². The minimum absolute atomic E-state index is 0.0438. The van der Waals surface area contributed by atoms with Crippen LogP contribution in [-0.2, 0) is 14.4 Å². The van der Waals surface area contributed by atoms with E-state index in [1.807, 2.05) is 32.8 Å². The van der Waals surface area contributed by atoms with Gasteiger partial charge in [-0.2, -0.15) is 0 Å². The van der Waals surface area contributed by atoms with E-state index in [2.05, 4.69) is 5.32 Å². The number of aliphatic carboxylic acids is 1. The van der Waals surface area contributed by atoms with Crippen LogP contribution in [0.4, 0.5) is 0 Å². The fourth-order valence-corrected chi connectivity index (χ4v) is 2.47. The lowest BCUT2D eigenvalue weighted by Crippen LogP contribution is -2.45. The molecule has 0 bridgehead atoms. The third-order valence-electron chi connectivity index (χ3n) is 3.72. The first-order chi connectivity index (χ1) is 10.2. The average Bonchev–Trinajstić information content (AvgIpc) is 2.76. The third kappa shape index (κ3) is 5.63. The maximum atomic E-state index is 12.2. The van der Waals surface area contributed by atoms with Gasteiger partial charge in [-0.25, -0.2) is 4.79 Å². The van der Waals surface area contributed by atoms with Crippen LogP contribution >= 0.6 is 0 Å². The van der Waals surface area contributed by atoms with Crippen LogP contribution in [0.15, 0.2) is 0 Å². The summed E-state index contributed by atoms with van der Waals surface area (Å²) in [7, 11) is 3.85. The Morgan fingerprint density at radius 3 is 2.55 bits per heavy atom. The summed E-state index contributed by atoms with van der Waals surface area (Å²) < 4.78 is 0. The molecule has 0 unspecified atom stereocenters. The lowest BCUT2D eigenvalue weighted by Gasteiger charge is -2.20. The Bertz CT molecular complexity index is 423. The molecule has 1 heterocycles. The summed E-state index contributed by atoms with van der Waals surface area (Å²) in [4.78, 5) is 39.0. The summed E-state index contributed by atoms with van der Waals surface area (Å²) in [6, 6.07) is -0.890. The zero-order chi connectivity index (χ0) is 16.9. The number of amides is 2. The second-order valence-corrected chi connectivity index (χ2v) is 6.57. The Hall–Kier alpha value is -1.63. The van der Waals surface area contributed by atoms with Crippen LogP contribution in [0, 0.1) is 11.8 Å². The van der Waals surface area contributed by atoms with Gasteiger partial charge in [-0.1, -0.05) is 13.8 Å². The molecular weight excluding hydrogens is 286 g/mol. The van der Waals surface area contributed by atoms with Crippen molar-refractivity contribution in [3.63, 3.8) is 0 Å². The molecule has 7 heteroatoms. The second kappa shape index (κ2) is 8.12. The van der Waals surface area contributed by atoms with Crippen LogP contribution in [0.2, 0.25) is 0 Å². The third-order valence-corrected chi connectivity index (χ3v) is 3.72. The van der Waals surface area contributed by atoms with Gasteiger partial charge in [-0.15, -0.1) is 0 Å². The van der Waals surface area contributed by atoms with Crippen molar-refractivity contribution in [3.05, 3.63) is 0 Å². The summed E-state index contributed by atoms with van der Waals surface area (Å²) in [6.07, 6.45) is 0.541. The Morgan fingerprint density at radius 1 is 1.41 bits per heavy atom. The summed E-state index contributed by atoms with van der Waals surface area (Å²) in [5.41, 5.74) is 0. The van der Waals surface area contributed by atoms with E-state index in [1.165, 1.54) is 0 Å². The highest BCUT2D eigenvalue weighted by Crippen LogP contribution is 2.18. The first-order valence-electron chi connectivity index (χ1n) is 7.66. The van der Waals surface area contributed by atoms with Crippen LogP contribution in [0.25, 0.3) is 0 Å². The van der Waals surface area contributed by atoms with Crippen LogP contribution in [0.5, 0.6) is 0 Å². The van der Waals surface area contributed by atoms with Crippen molar-refractivity contribution in [1.29, 1.82) is 0 Å². The van der Waals surface area contributed by atoms with Gasteiger partial charge in [0, 0.05) is 26.1 Å².